The van der Waals surface area contributed by atoms with Gasteiger partial charge in [0, 0.05) is 54.5 Å². The van der Waals surface area contributed by atoms with Crippen molar-refractivity contribution in [3.05, 3.63) is 76.6 Å². The number of carbonyl (C=O) groups excluding carboxylic acids is 1. The van der Waals surface area contributed by atoms with E-state index in [1.165, 1.54) is 17.4 Å². The Morgan fingerprint density at radius 2 is 1.79 bits per heavy atom. The zero-order chi connectivity index (χ0) is 27.5. The molecule has 1 saturated heterocycles. The molecule has 4 heterocycles. The number of benzene rings is 1. The Labute approximate surface area is 227 Å². The molecule has 6 rings (SSSR count). The van der Waals surface area contributed by atoms with Gasteiger partial charge < -0.3 is 15.4 Å². The third-order valence-corrected chi connectivity index (χ3v) is 8.31. The Morgan fingerprint density at radius 3 is 2.46 bits per heavy atom. The minimum absolute atomic E-state index is 0.0521. The summed E-state index contributed by atoms with van der Waals surface area (Å²) in [7, 11) is 0. The topological polar surface area (TPSA) is 107 Å². The van der Waals surface area contributed by atoms with Crippen LogP contribution in [0.3, 0.4) is 0 Å². The van der Waals surface area contributed by atoms with Crippen LogP contribution >= 0.6 is 11.3 Å². The summed E-state index contributed by atoms with van der Waals surface area (Å²) in [5.74, 6) is -0.689. The number of aryl methyl sites for hydroxylation is 1. The standard InChI is InChI=1S/C28H26F2N6O2S/c1-14-24(39-26(34-14)25-32-7-4-8-33-25)27(37)36-12-17-18(13-36)23(17)38-22-11-16(28(2,3)31)10-21(35-22)15-5-6-19(29)20(30)9-15/h4-11,17-18,23H,12-13,31H2,1-3H3/t17-,18+,23-. The van der Waals surface area contributed by atoms with Gasteiger partial charge in [0.1, 0.15) is 11.0 Å². The van der Waals surface area contributed by atoms with Crippen LogP contribution in [0.25, 0.3) is 22.1 Å². The molecule has 0 spiro atoms. The summed E-state index contributed by atoms with van der Waals surface area (Å²) in [6.45, 7) is 6.67. The van der Waals surface area contributed by atoms with Crippen LogP contribution in [0.4, 0.5) is 8.78 Å². The molecule has 0 unspecified atom stereocenters. The predicted molar refractivity (Wildman–Crippen MR) is 142 cm³/mol. The van der Waals surface area contributed by atoms with Gasteiger partial charge in [-0.1, -0.05) is 0 Å². The smallest absolute Gasteiger partial charge is 0.265 e. The fourth-order valence-electron chi connectivity index (χ4n) is 4.94. The quantitative estimate of drug-likeness (QED) is 0.376. The molecule has 1 aromatic carbocycles. The number of ether oxygens (including phenoxy) is 1. The number of hydrogen-bond donors (Lipinski definition) is 1. The highest BCUT2D eigenvalue weighted by atomic mass is 32.1. The number of rotatable bonds is 6. The SMILES string of the molecule is Cc1nc(-c2ncccn2)sc1C(=O)N1C[C@@H]2[C@H](C1)[C@@H]2Oc1cc(C(C)(C)N)cc(-c2ccc(F)c(F)c2)n1. The Bertz CT molecular complexity index is 1560. The second-order valence-electron chi connectivity index (χ2n) is 10.6. The molecule has 0 radical (unpaired) electrons. The van der Waals surface area contributed by atoms with Gasteiger partial charge in [-0.25, -0.2) is 28.7 Å². The number of nitrogens with zero attached hydrogens (tertiary/aromatic N) is 5. The molecular formula is C28H26F2N6O2S. The van der Waals surface area contributed by atoms with E-state index < -0.39 is 17.2 Å². The average Bonchev–Trinajstić information content (AvgIpc) is 3.22. The molecule has 0 bridgehead atoms. The van der Waals surface area contributed by atoms with E-state index >= 15 is 0 Å². The fourth-order valence-corrected chi connectivity index (χ4v) is 5.92. The van der Waals surface area contributed by atoms with Gasteiger partial charge in [-0.15, -0.1) is 11.3 Å². The molecule has 1 saturated carbocycles. The molecule has 200 valence electrons. The first-order chi connectivity index (χ1) is 18.6. The highest BCUT2D eigenvalue weighted by Crippen LogP contribution is 2.48. The van der Waals surface area contributed by atoms with Crippen LogP contribution in [0.5, 0.6) is 5.88 Å². The van der Waals surface area contributed by atoms with Gasteiger partial charge in [0.05, 0.1) is 11.4 Å². The minimum Gasteiger partial charge on any atom is -0.474 e. The maximum atomic E-state index is 13.9. The Morgan fingerprint density at radius 1 is 1.08 bits per heavy atom. The maximum absolute atomic E-state index is 13.9. The van der Waals surface area contributed by atoms with E-state index in [4.69, 9.17) is 10.5 Å². The van der Waals surface area contributed by atoms with Crippen molar-refractivity contribution in [1.82, 2.24) is 24.8 Å². The number of amides is 1. The Balaban J connectivity index is 1.17. The lowest BCUT2D eigenvalue weighted by molar-refractivity contribution is 0.0755. The highest BCUT2D eigenvalue weighted by Gasteiger charge is 2.59. The van der Waals surface area contributed by atoms with E-state index in [0.717, 1.165) is 17.7 Å². The van der Waals surface area contributed by atoms with Crippen molar-refractivity contribution in [3.63, 3.8) is 0 Å². The molecule has 39 heavy (non-hydrogen) atoms. The molecule has 2 aliphatic rings. The molecule has 1 aliphatic heterocycles. The van der Waals surface area contributed by atoms with E-state index in [1.807, 2.05) is 25.7 Å². The molecule has 1 aliphatic carbocycles. The zero-order valence-electron chi connectivity index (χ0n) is 21.6. The number of thiazole rings is 1. The van der Waals surface area contributed by atoms with E-state index in [0.29, 0.717) is 51.6 Å². The van der Waals surface area contributed by atoms with Crippen LogP contribution < -0.4 is 10.5 Å². The molecule has 11 heteroatoms. The molecule has 3 aromatic heterocycles. The lowest BCUT2D eigenvalue weighted by atomic mass is 9.95. The van der Waals surface area contributed by atoms with Crippen LogP contribution in [0, 0.1) is 30.4 Å². The largest absolute Gasteiger partial charge is 0.474 e. The monoisotopic (exact) mass is 548 g/mol. The lowest BCUT2D eigenvalue weighted by Crippen LogP contribution is -2.33. The van der Waals surface area contributed by atoms with Gasteiger partial charge in [-0.05, 0) is 56.7 Å². The number of pyridine rings is 1. The minimum atomic E-state index is -0.949. The second-order valence-corrected chi connectivity index (χ2v) is 11.6. The van der Waals surface area contributed by atoms with Gasteiger partial charge in [0.2, 0.25) is 5.88 Å². The van der Waals surface area contributed by atoms with Crippen LogP contribution in [0.15, 0.2) is 48.8 Å². The van der Waals surface area contributed by atoms with Gasteiger partial charge in [-0.3, -0.25) is 4.79 Å². The van der Waals surface area contributed by atoms with Crippen molar-refractivity contribution in [1.29, 1.82) is 0 Å². The highest BCUT2D eigenvalue weighted by molar-refractivity contribution is 7.17. The molecule has 2 N–H and O–H groups in total. The Kier molecular flexibility index (Phi) is 6.15. The van der Waals surface area contributed by atoms with Crippen LogP contribution in [0.2, 0.25) is 0 Å². The fraction of sp³-hybridized carbons (Fsp3) is 0.321. The molecular weight excluding hydrogens is 522 g/mol. The molecule has 4 aromatic rings. The van der Waals surface area contributed by atoms with Crippen molar-refractivity contribution in [2.75, 3.05) is 13.1 Å². The van der Waals surface area contributed by atoms with Gasteiger partial charge in [-0.2, -0.15) is 0 Å². The van der Waals surface area contributed by atoms with Gasteiger partial charge in [0.25, 0.3) is 5.91 Å². The number of piperidine rings is 1. The number of carbonyl (C=O) groups is 1. The van der Waals surface area contributed by atoms with E-state index in [1.54, 1.807) is 30.6 Å². The molecule has 2 fully saturated rings. The van der Waals surface area contributed by atoms with Crippen molar-refractivity contribution in [2.45, 2.75) is 32.4 Å². The summed E-state index contributed by atoms with van der Waals surface area (Å²) in [5, 5.41) is 0.618. The van der Waals surface area contributed by atoms with Crippen molar-refractivity contribution < 1.29 is 18.3 Å². The van der Waals surface area contributed by atoms with Crippen LogP contribution in [0.1, 0.15) is 34.8 Å². The van der Waals surface area contributed by atoms with Crippen LogP contribution in [-0.2, 0) is 5.54 Å². The van der Waals surface area contributed by atoms with Crippen LogP contribution in [-0.4, -0.2) is 49.9 Å². The number of halogens is 2. The van der Waals surface area contributed by atoms with E-state index in [2.05, 4.69) is 19.9 Å². The third kappa shape index (κ3) is 4.87. The van der Waals surface area contributed by atoms with E-state index in [-0.39, 0.29) is 23.8 Å². The third-order valence-electron chi connectivity index (χ3n) is 7.17. The number of aromatic nitrogens is 4. The van der Waals surface area contributed by atoms with Gasteiger partial charge >= 0.3 is 0 Å². The lowest BCUT2D eigenvalue weighted by Gasteiger charge is -2.22. The van der Waals surface area contributed by atoms with Crippen molar-refractivity contribution >= 4 is 17.2 Å². The predicted octanol–water partition coefficient (Wildman–Crippen LogP) is 4.59. The zero-order valence-corrected chi connectivity index (χ0v) is 22.4. The summed E-state index contributed by atoms with van der Waals surface area (Å²) in [4.78, 5) is 33.3. The van der Waals surface area contributed by atoms with E-state index in [9.17, 15) is 13.6 Å². The van der Waals surface area contributed by atoms with Crippen molar-refractivity contribution in [2.24, 2.45) is 17.6 Å². The molecule has 3 atom stereocenters. The Hall–Kier alpha value is -3.83. The number of likely N-dealkylation sites (tertiary alicyclic amines) is 1. The number of nitrogens with two attached hydrogens (primary N) is 1. The maximum Gasteiger partial charge on any atom is 0.265 e. The first-order valence-electron chi connectivity index (χ1n) is 12.6. The summed E-state index contributed by atoms with van der Waals surface area (Å²) >= 11 is 1.30. The first kappa shape index (κ1) is 25.4. The summed E-state index contributed by atoms with van der Waals surface area (Å²) in [6.07, 6.45) is 3.20. The molecule has 8 nitrogen and oxygen atoms in total. The van der Waals surface area contributed by atoms with Crippen molar-refractivity contribution in [3.8, 4) is 28.0 Å². The van der Waals surface area contributed by atoms with Gasteiger partial charge in [0.15, 0.2) is 22.5 Å². The second kappa shape index (κ2) is 9.42. The number of hydrogen-bond acceptors (Lipinski definition) is 8. The average molecular weight is 549 g/mol. The molecule has 1 amide bonds. The summed E-state index contributed by atoms with van der Waals surface area (Å²) < 4.78 is 33.7. The first-order valence-corrected chi connectivity index (χ1v) is 13.4. The summed E-state index contributed by atoms with van der Waals surface area (Å²) in [5.41, 5.74) is 7.94. The number of fused-ring (bicyclic) bond motifs is 1. The normalized spacial score (nSPS) is 20.2. The summed E-state index contributed by atoms with van der Waals surface area (Å²) in [6, 6.07) is 8.95.